The summed E-state index contributed by atoms with van der Waals surface area (Å²) in [6.07, 6.45) is 7.14. The van der Waals surface area contributed by atoms with Gasteiger partial charge in [-0.1, -0.05) is 6.07 Å². The third kappa shape index (κ3) is 5.40. The van der Waals surface area contributed by atoms with Crippen molar-refractivity contribution >= 4 is 34.4 Å². The van der Waals surface area contributed by atoms with Crippen LogP contribution >= 0.6 is 11.3 Å². The van der Waals surface area contributed by atoms with E-state index in [0.29, 0.717) is 29.8 Å². The third-order valence-electron chi connectivity index (χ3n) is 4.34. The van der Waals surface area contributed by atoms with Crippen LogP contribution in [0.4, 0.5) is 9.80 Å². The van der Waals surface area contributed by atoms with E-state index in [9.17, 15) is 14.9 Å². The largest absolute Gasteiger partial charge is 0.446 e. The van der Waals surface area contributed by atoms with Crippen LogP contribution in [0.5, 0.6) is 0 Å². The first-order valence-corrected chi connectivity index (χ1v) is 9.91. The Morgan fingerprint density at radius 1 is 1.48 bits per heavy atom. The van der Waals surface area contributed by atoms with E-state index < -0.39 is 6.09 Å². The highest BCUT2D eigenvalue weighted by Gasteiger charge is 2.28. The number of thiophene rings is 1. The van der Waals surface area contributed by atoms with Crippen LogP contribution < -0.4 is 10.6 Å². The second-order valence-corrected chi connectivity index (χ2v) is 7.45. The molecule has 3 N–H and O–H groups in total. The number of aliphatic hydroxyl groups is 1. The second-order valence-electron chi connectivity index (χ2n) is 6.35. The summed E-state index contributed by atoms with van der Waals surface area (Å²) >= 11 is 1.33. The number of ether oxygens (including phenoxy) is 1. The number of nitrogens with zero attached hydrogens (tertiary/aromatic N) is 2. The molecule has 2 heterocycles. The highest BCUT2D eigenvalue weighted by molar-refractivity contribution is 7.16. The maximum Gasteiger partial charge on any atom is 0.407 e. The van der Waals surface area contributed by atoms with Crippen molar-refractivity contribution in [3.05, 3.63) is 52.2 Å². The molecule has 2 amide bonds. The Labute approximate surface area is 171 Å². The first-order valence-electron chi connectivity index (χ1n) is 9.09. The number of anilines is 1. The quantitative estimate of drug-likeness (QED) is 0.625. The number of carbonyl (C=O) groups excluding carboxylic acids is 2. The minimum Gasteiger partial charge on any atom is -0.446 e. The molecular weight excluding hydrogens is 392 g/mol. The van der Waals surface area contributed by atoms with E-state index in [1.54, 1.807) is 24.5 Å². The number of carbonyl (C=O) groups is 2. The minimum absolute atomic E-state index is 0.136. The maximum absolute atomic E-state index is 12.3. The van der Waals surface area contributed by atoms with Crippen LogP contribution in [0.3, 0.4) is 0 Å². The number of amides is 2. The molecule has 0 saturated carbocycles. The number of aromatic nitrogens is 1. The van der Waals surface area contributed by atoms with Gasteiger partial charge < -0.3 is 20.5 Å². The van der Waals surface area contributed by atoms with Crippen LogP contribution in [-0.2, 0) is 22.4 Å². The van der Waals surface area contributed by atoms with Gasteiger partial charge in [0.05, 0.1) is 12.2 Å². The Bertz CT molecular complexity index is 949. The van der Waals surface area contributed by atoms with Crippen molar-refractivity contribution < 1.29 is 19.4 Å². The van der Waals surface area contributed by atoms with E-state index in [2.05, 4.69) is 21.7 Å². The van der Waals surface area contributed by atoms with Crippen LogP contribution in [0.2, 0.25) is 0 Å². The van der Waals surface area contributed by atoms with Crippen molar-refractivity contribution in [2.45, 2.75) is 25.4 Å². The summed E-state index contributed by atoms with van der Waals surface area (Å²) in [5.74, 6) is -0.333. The summed E-state index contributed by atoms with van der Waals surface area (Å²) in [5.41, 5.74) is 2.17. The normalized spacial score (nSPS) is 15.4. The molecule has 0 fully saturated rings. The monoisotopic (exact) mass is 412 g/mol. The summed E-state index contributed by atoms with van der Waals surface area (Å²) < 4.78 is 5.36. The first-order chi connectivity index (χ1) is 14.1. The molecule has 0 bridgehead atoms. The van der Waals surface area contributed by atoms with Gasteiger partial charge in [-0.25, -0.2) is 4.79 Å². The molecule has 1 aliphatic carbocycles. The fourth-order valence-corrected chi connectivity index (χ4v) is 4.28. The minimum atomic E-state index is -0.571. The molecule has 0 radical (unpaired) electrons. The summed E-state index contributed by atoms with van der Waals surface area (Å²) in [6.45, 7) is -0.0181. The van der Waals surface area contributed by atoms with E-state index in [1.807, 2.05) is 6.07 Å². The number of rotatable bonds is 6. The summed E-state index contributed by atoms with van der Waals surface area (Å²) in [5, 5.41) is 24.0. The Balaban J connectivity index is 1.66. The molecule has 3 rings (SSSR count). The third-order valence-corrected chi connectivity index (χ3v) is 5.50. The lowest BCUT2D eigenvalue weighted by Gasteiger charge is -2.22. The molecule has 1 unspecified atom stereocenters. The predicted octanol–water partition coefficient (Wildman–Crippen LogP) is 2.24. The first kappa shape index (κ1) is 20.5. The molecular formula is C20H20N4O4S. The standard InChI is InChI=1S/C20H20N4O4S/c21-11-16-15-5-4-14(28-20(27)23-8-9-25)10-17(15)29-19(16)24-18(26)6-3-13-2-1-7-22-12-13/h1-3,6-7,12,14,25H,4-5,8-10H2,(H,23,27)(H,24,26). The van der Waals surface area contributed by atoms with Gasteiger partial charge in [-0.2, -0.15) is 5.26 Å². The lowest BCUT2D eigenvalue weighted by molar-refractivity contribution is -0.111. The van der Waals surface area contributed by atoms with E-state index in [1.165, 1.54) is 17.4 Å². The Hall–Kier alpha value is -3.22. The molecule has 29 heavy (non-hydrogen) atoms. The number of alkyl carbamates (subject to hydrolysis) is 1. The molecule has 0 aromatic carbocycles. The SMILES string of the molecule is N#Cc1c(NC(=O)C=Cc2cccnc2)sc2c1CCC(OC(=O)NCCO)C2. The molecule has 0 spiro atoms. The second kappa shape index (κ2) is 9.82. The van der Waals surface area contributed by atoms with E-state index >= 15 is 0 Å². The average molecular weight is 412 g/mol. The van der Waals surface area contributed by atoms with Crippen LogP contribution in [0.15, 0.2) is 30.6 Å². The van der Waals surface area contributed by atoms with Gasteiger partial charge in [0.2, 0.25) is 5.91 Å². The van der Waals surface area contributed by atoms with Crippen molar-refractivity contribution in [3.8, 4) is 6.07 Å². The average Bonchev–Trinajstić information content (AvgIpc) is 3.07. The van der Waals surface area contributed by atoms with Gasteiger partial charge >= 0.3 is 6.09 Å². The molecule has 0 saturated heterocycles. The topological polar surface area (TPSA) is 124 Å². The Kier molecular flexibility index (Phi) is 6.94. The zero-order valence-corrected chi connectivity index (χ0v) is 16.4. The number of pyridine rings is 1. The number of nitrogens with one attached hydrogen (secondary N) is 2. The number of aliphatic hydroxyl groups excluding tert-OH is 1. The van der Waals surface area contributed by atoms with Crippen LogP contribution in [0, 0.1) is 11.3 Å². The highest BCUT2D eigenvalue weighted by atomic mass is 32.1. The number of hydrogen-bond acceptors (Lipinski definition) is 7. The summed E-state index contributed by atoms with van der Waals surface area (Å²) in [7, 11) is 0. The number of fused-ring (bicyclic) bond motifs is 1. The fraction of sp³-hybridized carbons (Fsp3) is 0.300. The van der Waals surface area contributed by atoms with Gasteiger partial charge in [0.25, 0.3) is 0 Å². The molecule has 9 heteroatoms. The van der Waals surface area contributed by atoms with Gasteiger partial charge in [-0.15, -0.1) is 11.3 Å². The fourth-order valence-electron chi connectivity index (χ4n) is 3.01. The molecule has 2 aromatic heterocycles. The maximum atomic E-state index is 12.3. The van der Waals surface area contributed by atoms with Gasteiger partial charge in [-0.05, 0) is 36.1 Å². The molecule has 8 nitrogen and oxygen atoms in total. The lowest BCUT2D eigenvalue weighted by atomic mass is 9.94. The zero-order valence-electron chi connectivity index (χ0n) is 15.6. The van der Waals surface area contributed by atoms with Gasteiger partial charge in [0.15, 0.2) is 0 Å². The number of nitriles is 1. The number of hydrogen-bond donors (Lipinski definition) is 3. The zero-order chi connectivity index (χ0) is 20.6. The van der Waals surface area contributed by atoms with Gasteiger partial charge in [0, 0.05) is 36.3 Å². The van der Waals surface area contributed by atoms with E-state index in [4.69, 9.17) is 9.84 Å². The van der Waals surface area contributed by atoms with Crippen LogP contribution in [0.25, 0.3) is 6.08 Å². The lowest BCUT2D eigenvalue weighted by Crippen LogP contribution is -2.33. The van der Waals surface area contributed by atoms with Gasteiger partial charge in [0.1, 0.15) is 17.2 Å². The van der Waals surface area contributed by atoms with Gasteiger partial charge in [-0.3, -0.25) is 9.78 Å². The Morgan fingerprint density at radius 3 is 3.07 bits per heavy atom. The molecule has 1 aliphatic rings. The summed E-state index contributed by atoms with van der Waals surface area (Å²) in [4.78, 5) is 28.9. The van der Waals surface area contributed by atoms with Crippen molar-refractivity contribution in [2.24, 2.45) is 0 Å². The van der Waals surface area contributed by atoms with Crippen LogP contribution in [-0.4, -0.2) is 41.3 Å². The molecule has 2 aromatic rings. The van der Waals surface area contributed by atoms with E-state index in [0.717, 1.165) is 16.0 Å². The van der Waals surface area contributed by atoms with Crippen molar-refractivity contribution in [1.29, 1.82) is 5.26 Å². The highest BCUT2D eigenvalue weighted by Crippen LogP contribution is 2.38. The van der Waals surface area contributed by atoms with Crippen molar-refractivity contribution in [1.82, 2.24) is 10.3 Å². The molecule has 1 atom stereocenters. The van der Waals surface area contributed by atoms with Crippen LogP contribution in [0.1, 0.15) is 28.0 Å². The van der Waals surface area contributed by atoms with Crippen molar-refractivity contribution in [3.63, 3.8) is 0 Å². The molecule has 150 valence electrons. The molecule has 0 aliphatic heterocycles. The summed E-state index contributed by atoms with van der Waals surface area (Å²) in [6, 6.07) is 5.79. The van der Waals surface area contributed by atoms with Crippen molar-refractivity contribution in [2.75, 3.05) is 18.5 Å². The smallest absolute Gasteiger partial charge is 0.407 e. The van der Waals surface area contributed by atoms with E-state index in [-0.39, 0.29) is 25.2 Å². The Morgan fingerprint density at radius 2 is 2.34 bits per heavy atom. The predicted molar refractivity (Wildman–Crippen MR) is 108 cm³/mol.